The van der Waals surface area contributed by atoms with Crippen LogP contribution in [-0.2, 0) is 0 Å². The summed E-state index contributed by atoms with van der Waals surface area (Å²) >= 11 is 0. The van der Waals surface area contributed by atoms with Gasteiger partial charge in [0, 0.05) is 6.04 Å². The van der Waals surface area contributed by atoms with Crippen molar-refractivity contribution < 1.29 is 4.74 Å². The van der Waals surface area contributed by atoms with Gasteiger partial charge < -0.3 is 16.2 Å². The molecule has 0 saturated heterocycles. The van der Waals surface area contributed by atoms with Crippen LogP contribution in [0.3, 0.4) is 0 Å². The molecule has 0 fully saturated rings. The van der Waals surface area contributed by atoms with Crippen molar-refractivity contribution in [1.29, 1.82) is 0 Å². The Balaban J connectivity index is 2.73. The van der Waals surface area contributed by atoms with E-state index in [0.29, 0.717) is 6.54 Å². The Kier molecular flexibility index (Phi) is 4.59. The van der Waals surface area contributed by atoms with Crippen molar-refractivity contribution in [3.8, 4) is 5.75 Å². The highest BCUT2D eigenvalue weighted by Crippen LogP contribution is 2.23. The van der Waals surface area contributed by atoms with Crippen LogP contribution in [0.1, 0.15) is 30.0 Å². The van der Waals surface area contributed by atoms with Crippen LogP contribution in [-0.4, -0.2) is 13.7 Å². The maximum Gasteiger partial charge on any atom is 0.121 e. The predicted octanol–water partition coefficient (Wildman–Crippen LogP) is 1.74. The van der Waals surface area contributed by atoms with E-state index in [4.69, 9.17) is 16.2 Å². The second kappa shape index (κ2) is 5.73. The smallest absolute Gasteiger partial charge is 0.121 e. The predicted molar refractivity (Wildman–Crippen MR) is 62.9 cm³/mol. The Morgan fingerprint density at radius 1 is 1.40 bits per heavy atom. The summed E-state index contributed by atoms with van der Waals surface area (Å²) in [6, 6.07) is 6.15. The SMILES string of the molecule is COc1ccc(C(N)CCCN)cc1C. The minimum atomic E-state index is 0.0816. The number of nitrogens with two attached hydrogens (primary N) is 2. The Bertz CT molecular complexity index is 312. The number of benzene rings is 1. The lowest BCUT2D eigenvalue weighted by atomic mass is 10.0. The minimum absolute atomic E-state index is 0.0816. The van der Waals surface area contributed by atoms with Crippen molar-refractivity contribution in [2.24, 2.45) is 11.5 Å². The number of rotatable bonds is 5. The molecule has 1 unspecified atom stereocenters. The molecule has 0 aliphatic rings. The number of hydrogen-bond acceptors (Lipinski definition) is 3. The van der Waals surface area contributed by atoms with Gasteiger partial charge in [-0.25, -0.2) is 0 Å². The van der Waals surface area contributed by atoms with Crippen LogP contribution < -0.4 is 16.2 Å². The van der Waals surface area contributed by atoms with E-state index in [-0.39, 0.29) is 6.04 Å². The van der Waals surface area contributed by atoms with Crippen LogP contribution in [0, 0.1) is 6.92 Å². The highest BCUT2D eigenvalue weighted by Gasteiger charge is 2.07. The summed E-state index contributed by atoms with van der Waals surface area (Å²) in [5.74, 6) is 0.907. The molecule has 1 aromatic rings. The van der Waals surface area contributed by atoms with Gasteiger partial charge in [-0.1, -0.05) is 12.1 Å². The maximum atomic E-state index is 6.05. The average Bonchev–Trinajstić information content (AvgIpc) is 2.25. The van der Waals surface area contributed by atoms with Gasteiger partial charge in [-0.15, -0.1) is 0 Å². The van der Waals surface area contributed by atoms with Gasteiger partial charge in [0.15, 0.2) is 0 Å². The summed E-state index contributed by atoms with van der Waals surface area (Å²) in [6.45, 7) is 2.72. The third kappa shape index (κ3) is 3.22. The molecule has 4 N–H and O–H groups in total. The summed E-state index contributed by atoms with van der Waals surface area (Å²) in [4.78, 5) is 0. The third-order valence-corrected chi connectivity index (χ3v) is 2.57. The monoisotopic (exact) mass is 208 g/mol. The van der Waals surface area contributed by atoms with Gasteiger partial charge in [0.2, 0.25) is 0 Å². The largest absolute Gasteiger partial charge is 0.496 e. The van der Waals surface area contributed by atoms with Gasteiger partial charge in [-0.2, -0.15) is 0 Å². The molecular formula is C12H20N2O. The van der Waals surface area contributed by atoms with E-state index in [9.17, 15) is 0 Å². The van der Waals surface area contributed by atoms with Gasteiger partial charge in [0.05, 0.1) is 7.11 Å². The molecule has 0 bridgehead atoms. The van der Waals surface area contributed by atoms with Crippen LogP contribution in [0.4, 0.5) is 0 Å². The quantitative estimate of drug-likeness (QED) is 0.774. The third-order valence-electron chi connectivity index (χ3n) is 2.57. The molecular weight excluding hydrogens is 188 g/mol. The zero-order chi connectivity index (χ0) is 11.3. The van der Waals surface area contributed by atoms with Crippen molar-refractivity contribution >= 4 is 0 Å². The number of ether oxygens (including phenoxy) is 1. The highest BCUT2D eigenvalue weighted by molar-refractivity contribution is 5.37. The standard InChI is InChI=1S/C12H20N2O/c1-9-8-10(5-6-12(9)15-2)11(14)4-3-7-13/h5-6,8,11H,3-4,7,13-14H2,1-2H3. The Morgan fingerprint density at radius 2 is 2.13 bits per heavy atom. The summed E-state index contributed by atoms with van der Waals surface area (Å²) in [6.07, 6.45) is 1.90. The molecule has 0 aliphatic carbocycles. The fraction of sp³-hybridized carbons (Fsp3) is 0.500. The summed E-state index contributed by atoms with van der Waals surface area (Å²) in [5, 5.41) is 0. The molecule has 3 heteroatoms. The van der Waals surface area contributed by atoms with E-state index >= 15 is 0 Å². The molecule has 84 valence electrons. The Hall–Kier alpha value is -1.06. The molecule has 1 aromatic carbocycles. The van der Waals surface area contributed by atoms with Gasteiger partial charge >= 0.3 is 0 Å². The Labute approximate surface area is 91.4 Å². The molecule has 0 aromatic heterocycles. The topological polar surface area (TPSA) is 61.3 Å². The summed E-state index contributed by atoms with van der Waals surface area (Å²) < 4.78 is 5.20. The lowest BCUT2D eigenvalue weighted by Crippen LogP contribution is -2.12. The summed E-state index contributed by atoms with van der Waals surface area (Å²) in [5.41, 5.74) is 13.8. The highest BCUT2D eigenvalue weighted by atomic mass is 16.5. The number of hydrogen-bond donors (Lipinski definition) is 2. The van der Waals surface area contributed by atoms with Crippen LogP contribution in [0.15, 0.2) is 18.2 Å². The van der Waals surface area contributed by atoms with Crippen LogP contribution in [0.2, 0.25) is 0 Å². The second-order valence-corrected chi connectivity index (χ2v) is 3.77. The first-order valence-corrected chi connectivity index (χ1v) is 5.29. The van der Waals surface area contributed by atoms with Crippen molar-refractivity contribution in [2.45, 2.75) is 25.8 Å². The zero-order valence-corrected chi connectivity index (χ0v) is 9.49. The van der Waals surface area contributed by atoms with E-state index < -0.39 is 0 Å². The fourth-order valence-corrected chi connectivity index (χ4v) is 1.64. The van der Waals surface area contributed by atoms with Gasteiger partial charge in [0.25, 0.3) is 0 Å². The number of aryl methyl sites for hydroxylation is 1. The first kappa shape index (κ1) is 12.0. The molecule has 3 nitrogen and oxygen atoms in total. The average molecular weight is 208 g/mol. The van der Waals surface area contributed by atoms with Gasteiger partial charge in [0.1, 0.15) is 5.75 Å². The maximum absolute atomic E-state index is 6.05. The van der Waals surface area contributed by atoms with Gasteiger partial charge in [-0.3, -0.25) is 0 Å². The molecule has 0 radical (unpaired) electrons. The van der Waals surface area contributed by atoms with Crippen molar-refractivity contribution in [3.63, 3.8) is 0 Å². The van der Waals surface area contributed by atoms with Crippen LogP contribution in [0.5, 0.6) is 5.75 Å². The van der Waals surface area contributed by atoms with E-state index in [2.05, 4.69) is 6.07 Å². The molecule has 15 heavy (non-hydrogen) atoms. The molecule has 0 heterocycles. The van der Waals surface area contributed by atoms with E-state index in [0.717, 1.165) is 29.7 Å². The minimum Gasteiger partial charge on any atom is -0.496 e. The summed E-state index contributed by atoms with van der Waals surface area (Å²) in [7, 11) is 1.68. The normalized spacial score (nSPS) is 12.5. The van der Waals surface area contributed by atoms with E-state index in [1.165, 1.54) is 0 Å². The van der Waals surface area contributed by atoms with Crippen LogP contribution in [0.25, 0.3) is 0 Å². The van der Waals surface area contributed by atoms with Crippen molar-refractivity contribution in [2.75, 3.05) is 13.7 Å². The molecule has 0 spiro atoms. The number of methoxy groups -OCH3 is 1. The first-order valence-electron chi connectivity index (χ1n) is 5.29. The van der Waals surface area contributed by atoms with E-state index in [1.807, 2.05) is 19.1 Å². The van der Waals surface area contributed by atoms with Crippen molar-refractivity contribution in [1.82, 2.24) is 0 Å². The lowest BCUT2D eigenvalue weighted by molar-refractivity contribution is 0.411. The first-order chi connectivity index (χ1) is 7.19. The Morgan fingerprint density at radius 3 is 2.67 bits per heavy atom. The van der Waals surface area contributed by atoms with Crippen molar-refractivity contribution in [3.05, 3.63) is 29.3 Å². The molecule has 0 saturated carbocycles. The van der Waals surface area contributed by atoms with Gasteiger partial charge in [-0.05, 0) is 43.5 Å². The second-order valence-electron chi connectivity index (χ2n) is 3.77. The molecule has 0 amide bonds. The lowest BCUT2D eigenvalue weighted by Gasteiger charge is -2.13. The molecule has 1 atom stereocenters. The zero-order valence-electron chi connectivity index (χ0n) is 9.49. The fourth-order valence-electron chi connectivity index (χ4n) is 1.64. The molecule has 1 rings (SSSR count). The molecule has 0 aliphatic heterocycles. The van der Waals surface area contributed by atoms with E-state index in [1.54, 1.807) is 7.11 Å². The van der Waals surface area contributed by atoms with Crippen LogP contribution >= 0.6 is 0 Å².